The van der Waals surface area contributed by atoms with Gasteiger partial charge < -0.3 is 15.0 Å². The van der Waals surface area contributed by atoms with Crippen LogP contribution in [-0.2, 0) is 6.61 Å². The average Bonchev–Trinajstić information content (AvgIpc) is 3.11. The van der Waals surface area contributed by atoms with Crippen molar-refractivity contribution in [2.75, 3.05) is 0 Å². The molecule has 0 radical (unpaired) electrons. The average molecular weight is 361 g/mol. The Balaban J connectivity index is 1.36. The molecule has 0 atom stereocenters. The Hall–Kier alpha value is -1.80. The number of thiazole rings is 1. The van der Waals surface area contributed by atoms with E-state index in [-0.39, 0.29) is 18.6 Å². The van der Waals surface area contributed by atoms with Crippen molar-refractivity contribution in [3.63, 3.8) is 0 Å². The number of hydrogen-bond acceptors (Lipinski definition) is 6. The van der Waals surface area contributed by atoms with Crippen LogP contribution in [-0.4, -0.2) is 36.8 Å². The predicted molar refractivity (Wildman–Crippen MR) is 93.6 cm³/mol. The molecule has 2 N–H and O–H groups in total. The lowest BCUT2D eigenvalue weighted by Crippen LogP contribution is -2.44. The summed E-state index contributed by atoms with van der Waals surface area (Å²) in [5.74, 6) is 2.18. The van der Waals surface area contributed by atoms with Crippen molar-refractivity contribution < 1.29 is 9.90 Å². The van der Waals surface area contributed by atoms with Gasteiger partial charge in [0.15, 0.2) is 10.8 Å². The normalized spacial score (nSPS) is 22.9. The summed E-state index contributed by atoms with van der Waals surface area (Å²) in [6.45, 7) is 4.08. The first-order chi connectivity index (χ1) is 12.1. The monoisotopic (exact) mass is 361 g/mol. The van der Waals surface area contributed by atoms with Gasteiger partial charge in [-0.05, 0) is 31.6 Å². The number of carbonyl (C=O) groups excluding carboxylic acids is 1. The minimum atomic E-state index is -0.0833. The van der Waals surface area contributed by atoms with E-state index in [1.54, 1.807) is 0 Å². The van der Waals surface area contributed by atoms with Gasteiger partial charge in [-0.25, -0.2) is 4.98 Å². The number of aliphatic hydroxyl groups is 1. The highest BCUT2D eigenvalue weighted by atomic mass is 32.1. The first-order valence-electron chi connectivity index (χ1n) is 8.87. The van der Waals surface area contributed by atoms with Crippen LogP contribution in [0.25, 0.3) is 0 Å². The van der Waals surface area contributed by atoms with Gasteiger partial charge in [0.1, 0.15) is 12.4 Å². The number of carbonyl (C=O) groups is 1. The van der Waals surface area contributed by atoms with Crippen molar-refractivity contribution in [2.24, 2.45) is 0 Å². The molecule has 0 spiro atoms. The molecule has 0 aromatic carbocycles. The van der Waals surface area contributed by atoms with Gasteiger partial charge in [-0.2, -0.15) is 0 Å². The standard InChI is InChI=1S/C17H23N5O2S/c1-9(2)13-8-25-17(19-13)16(24)18-11-5-10(6-11)15-21-20-14(7-23)22(15)12-3-4-12/h8-12,23H,3-7H2,1-2H3,(H,18,24). The van der Waals surface area contributed by atoms with Gasteiger partial charge in [0, 0.05) is 23.4 Å². The summed E-state index contributed by atoms with van der Waals surface area (Å²) in [5, 5.41) is 23.4. The topological polar surface area (TPSA) is 92.9 Å². The lowest BCUT2D eigenvalue weighted by atomic mass is 9.79. The quantitative estimate of drug-likeness (QED) is 0.824. The van der Waals surface area contributed by atoms with Crippen LogP contribution in [0.2, 0.25) is 0 Å². The van der Waals surface area contributed by atoms with E-state index >= 15 is 0 Å². The van der Waals surface area contributed by atoms with Crippen LogP contribution in [0.3, 0.4) is 0 Å². The molecule has 1 amide bonds. The number of hydrogen-bond donors (Lipinski definition) is 2. The molecule has 8 heteroatoms. The minimum absolute atomic E-state index is 0.0708. The minimum Gasteiger partial charge on any atom is -0.388 e. The van der Waals surface area contributed by atoms with Crippen LogP contribution >= 0.6 is 11.3 Å². The zero-order valence-electron chi connectivity index (χ0n) is 14.5. The zero-order chi connectivity index (χ0) is 17.6. The molecule has 4 rings (SSSR count). The second-order valence-corrected chi connectivity index (χ2v) is 8.16. The molecule has 2 heterocycles. The van der Waals surface area contributed by atoms with Gasteiger partial charge in [-0.3, -0.25) is 4.79 Å². The molecule has 25 heavy (non-hydrogen) atoms. The van der Waals surface area contributed by atoms with E-state index < -0.39 is 0 Å². The maximum Gasteiger partial charge on any atom is 0.280 e. The number of nitrogens with one attached hydrogen (secondary N) is 1. The van der Waals surface area contributed by atoms with Crippen molar-refractivity contribution in [2.45, 2.75) is 70.1 Å². The molecular weight excluding hydrogens is 338 g/mol. The Morgan fingerprint density at radius 2 is 2.16 bits per heavy atom. The van der Waals surface area contributed by atoms with E-state index in [9.17, 15) is 9.90 Å². The highest BCUT2D eigenvalue weighted by Crippen LogP contribution is 2.42. The molecule has 0 aliphatic heterocycles. The molecule has 134 valence electrons. The van der Waals surface area contributed by atoms with Crippen molar-refractivity contribution in [1.29, 1.82) is 0 Å². The van der Waals surface area contributed by atoms with E-state index in [1.807, 2.05) is 5.38 Å². The Kier molecular flexibility index (Phi) is 4.33. The fourth-order valence-electron chi connectivity index (χ4n) is 3.30. The third kappa shape index (κ3) is 3.20. The van der Waals surface area contributed by atoms with E-state index in [4.69, 9.17) is 0 Å². The fraction of sp³-hybridized carbons (Fsp3) is 0.647. The van der Waals surface area contributed by atoms with E-state index in [1.165, 1.54) is 11.3 Å². The van der Waals surface area contributed by atoms with Gasteiger partial charge in [0.25, 0.3) is 5.91 Å². The van der Waals surface area contributed by atoms with Crippen LogP contribution in [0, 0.1) is 0 Å². The van der Waals surface area contributed by atoms with Crippen molar-refractivity contribution in [1.82, 2.24) is 25.1 Å². The molecular formula is C17H23N5O2S. The largest absolute Gasteiger partial charge is 0.388 e. The van der Waals surface area contributed by atoms with Crippen LogP contribution in [0.5, 0.6) is 0 Å². The van der Waals surface area contributed by atoms with Crippen LogP contribution < -0.4 is 5.32 Å². The summed E-state index contributed by atoms with van der Waals surface area (Å²) in [6, 6.07) is 0.608. The van der Waals surface area contributed by atoms with E-state index in [0.717, 1.165) is 37.2 Å². The summed E-state index contributed by atoms with van der Waals surface area (Å²) in [7, 11) is 0. The molecule has 2 aliphatic rings. The highest BCUT2D eigenvalue weighted by molar-refractivity contribution is 7.11. The molecule has 0 saturated heterocycles. The first kappa shape index (κ1) is 16.7. The molecule has 2 fully saturated rings. The lowest BCUT2D eigenvalue weighted by molar-refractivity contribution is 0.0906. The maximum absolute atomic E-state index is 12.3. The van der Waals surface area contributed by atoms with Crippen LogP contribution in [0.15, 0.2) is 5.38 Å². The Morgan fingerprint density at radius 3 is 2.76 bits per heavy atom. The highest BCUT2D eigenvalue weighted by Gasteiger charge is 2.38. The molecule has 2 aromatic rings. The van der Waals surface area contributed by atoms with Gasteiger partial charge in [0.2, 0.25) is 0 Å². The Bertz CT molecular complexity index is 774. The van der Waals surface area contributed by atoms with Crippen LogP contribution in [0.1, 0.15) is 84.6 Å². The number of nitrogens with zero attached hydrogens (tertiary/aromatic N) is 4. The second-order valence-electron chi connectivity index (χ2n) is 7.30. The second kappa shape index (κ2) is 6.49. The zero-order valence-corrected chi connectivity index (χ0v) is 15.3. The van der Waals surface area contributed by atoms with E-state index in [2.05, 4.69) is 38.9 Å². The molecule has 2 aliphatic carbocycles. The fourth-order valence-corrected chi connectivity index (χ4v) is 4.18. The molecule has 2 saturated carbocycles. The van der Waals surface area contributed by atoms with Crippen molar-refractivity contribution >= 4 is 17.2 Å². The third-order valence-electron chi connectivity index (χ3n) is 4.99. The summed E-state index contributed by atoms with van der Waals surface area (Å²) >= 11 is 1.40. The number of aliphatic hydroxyl groups excluding tert-OH is 1. The van der Waals surface area contributed by atoms with Gasteiger partial charge in [-0.15, -0.1) is 21.5 Å². The van der Waals surface area contributed by atoms with Gasteiger partial charge >= 0.3 is 0 Å². The van der Waals surface area contributed by atoms with Gasteiger partial charge in [0.05, 0.1) is 5.69 Å². The Labute approximate surface area is 150 Å². The summed E-state index contributed by atoms with van der Waals surface area (Å²) in [5.41, 5.74) is 0.968. The number of rotatable bonds is 6. The molecule has 0 bridgehead atoms. The van der Waals surface area contributed by atoms with Crippen molar-refractivity contribution in [3.8, 4) is 0 Å². The number of aromatic nitrogens is 4. The van der Waals surface area contributed by atoms with Crippen LogP contribution in [0.4, 0.5) is 0 Å². The summed E-state index contributed by atoms with van der Waals surface area (Å²) in [6.07, 6.45) is 4.00. The molecule has 0 unspecified atom stereocenters. The maximum atomic E-state index is 12.3. The number of amides is 1. The third-order valence-corrected chi connectivity index (χ3v) is 5.85. The summed E-state index contributed by atoms with van der Waals surface area (Å²) < 4.78 is 2.11. The first-order valence-corrected chi connectivity index (χ1v) is 9.75. The smallest absolute Gasteiger partial charge is 0.280 e. The van der Waals surface area contributed by atoms with Crippen molar-refractivity contribution in [3.05, 3.63) is 27.7 Å². The Morgan fingerprint density at radius 1 is 1.40 bits per heavy atom. The molecule has 2 aromatic heterocycles. The molecule has 7 nitrogen and oxygen atoms in total. The predicted octanol–water partition coefficient (Wildman–Crippen LogP) is 2.36. The summed E-state index contributed by atoms with van der Waals surface area (Å²) in [4.78, 5) is 16.7. The lowest BCUT2D eigenvalue weighted by Gasteiger charge is -2.35. The SMILES string of the molecule is CC(C)c1csc(C(=O)NC2CC(c3nnc(CO)n3C3CC3)C2)n1. The van der Waals surface area contributed by atoms with E-state index in [0.29, 0.717) is 28.7 Å². The van der Waals surface area contributed by atoms with Gasteiger partial charge in [-0.1, -0.05) is 13.8 Å².